The van der Waals surface area contributed by atoms with E-state index in [-0.39, 0.29) is 11.1 Å². The summed E-state index contributed by atoms with van der Waals surface area (Å²) in [5, 5.41) is 8.95. The summed E-state index contributed by atoms with van der Waals surface area (Å²) in [6.45, 7) is 1.70. The number of hydrogen-bond donors (Lipinski definition) is 1. The molecule has 1 aromatic carbocycles. The number of carbonyl (C=O) groups is 1. The quantitative estimate of drug-likeness (QED) is 0.845. The van der Waals surface area contributed by atoms with Crippen molar-refractivity contribution in [2.45, 2.75) is 6.92 Å². The summed E-state index contributed by atoms with van der Waals surface area (Å²) in [6, 6.07) is 6.00. The van der Waals surface area contributed by atoms with Gasteiger partial charge in [0.2, 0.25) is 0 Å². The van der Waals surface area contributed by atoms with Gasteiger partial charge in [-0.3, -0.25) is 0 Å². The molecule has 0 radical (unpaired) electrons. The first kappa shape index (κ1) is 10.4. The minimum atomic E-state index is -1.30. The van der Waals surface area contributed by atoms with Gasteiger partial charge in [0.25, 0.3) is 0 Å². The Labute approximate surface area is 91.1 Å². The molecule has 0 aliphatic carbocycles. The van der Waals surface area contributed by atoms with E-state index in [1.165, 1.54) is 12.3 Å². The molecule has 16 heavy (non-hydrogen) atoms. The van der Waals surface area contributed by atoms with Crippen molar-refractivity contribution in [2.24, 2.45) is 0 Å². The van der Waals surface area contributed by atoms with Crippen molar-refractivity contribution in [1.29, 1.82) is 0 Å². The summed E-state index contributed by atoms with van der Waals surface area (Å²) in [5.41, 5.74) is 0.546. The molecule has 3 nitrogen and oxygen atoms in total. The zero-order valence-corrected chi connectivity index (χ0v) is 8.53. The Hall–Kier alpha value is -2.10. The normalized spacial score (nSPS) is 10.4. The lowest BCUT2D eigenvalue weighted by molar-refractivity contribution is 0.0692. The molecule has 2 aromatic rings. The van der Waals surface area contributed by atoms with Crippen LogP contribution in [0.15, 0.2) is 34.9 Å². The minimum Gasteiger partial charge on any atom is -0.478 e. The molecule has 0 saturated heterocycles. The SMILES string of the molecule is Cc1cc(F)c(C(=O)O)c(-c2ccco2)c1. The van der Waals surface area contributed by atoms with Crippen LogP contribution in [0.4, 0.5) is 4.39 Å². The number of halogens is 1. The van der Waals surface area contributed by atoms with Crippen molar-refractivity contribution in [3.05, 3.63) is 47.5 Å². The van der Waals surface area contributed by atoms with Crippen LogP contribution in [0.5, 0.6) is 0 Å². The number of carboxylic acids is 1. The molecule has 0 saturated carbocycles. The van der Waals surface area contributed by atoms with Gasteiger partial charge in [-0.25, -0.2) is 9.18 Å². The minimum absolute atomic E-state index is 0.259. The molecule has 0 unspecified atom stereocenters. The molecule has 0 atom stereocenters. The van der Waals surface area contributed by atoms with Gasteiger partial charge in [0, 0.05) is 5.56 Å². The Kier molecular flexibility index (Phi) is 2.48. The fourth-order valence-electron chi connectivity index (χ4n) is 1.59. The van der Waals surface area contributed by atoms with Crippen LogP contribution in [0.1, 0.15) is 15.9 Å². The number of aryl methyl sites for hydroxylation is 1. The lowest BCUT2D eigenvalue weighted by Gasteiger charge is -2.06. The molecular weight excluding hydrogens is 211 g/mol. The van der Waals surface area contributed by atoms with E-state index < -0.39 is 11.8 Å². The highest BCUT2D eigenvalue weighted by molar-refractivity contribution is 5.95. The number of furan rings is 1. The third-order valence-corrected chi connectivity index (χ3v) is 2.24. The van der Waals surface area contributed by atoms with Gasteiger partial charge in [-0.1, -0.05) is 0 Å². The van der Waals surface area contributed by atoms with Gasteiger partial charge < -0.3 is 9.52 Å². The summed E-state index contributed by atoms with van der Waals surface area (Å²) in [6.07, 6.45) is 1.42. The molecule has 0 aliphatic heterocycles. The Bertz CT molecular complexity index is 529. The maximum Gasteiger partial charge on any atom is 0.339 e. The first-order chi connectivity index (χ1) is 7.59. The number of aromatic carboxylic acids is 1. The van der Waals surface area contributed by atoms with E-state index in [1.54, 1.807) is 25.1 Å². The molecule has 1 heterocycles. The second-order valence-corrected chi connectivity index (χ2v) is 3.45. The fourth-order valence-corrected chi connectivity index (χ4v) is 1.59. The lowest BCUT2D eigenvalue weighted by Crippen LogP contribution is -2.03. The summed E-state index contributed by atoms with van der Waals surface area (Å²) < 4.78 is 18.6. The van der Waals surface area contributed by atoms with Gasteiger partial charge in [-0.05, 0) is 36.8 Å². The predicted molar refractivity (Wildman–Crippen MR) is 55.8 cm³/mol. The van der Waals surface area contributed by atoms with E-state index >= 15 is 0 Å². The molecule has 4 heteroatoms. The zero-order valence-electron chi connectivity index (χ0n) is 8.53. The van der Waals surface area contributed by atoms with Crippen LogP contribution in [-0.2, 0) is 0 Å². The Balaban J connectivity index is 2.72. The average molecular weight is 220 g/mol. The van der Waals surface area contributed by atoms with E-state index in [0.717, 1.165) is 0 Å². The van der Waals surface area contributed by atoms with Crippen molar-refractivity contribution < 1.29 is 18.7 Å². The number of rotatable bonds is 2. The molecule has 0 fully saturated rings. The Morgan fingerprint density at radius 2 is 2.19 bits per heavy atom. The summed E-state index contributed by atoms with van der Waals surface area (Å²) in [7, 11) is 0. The molecular formula is C12H9FO3. The van der Waals surface area contributed by atoms with Crippen molar-refractivity contribution in [3.63, 3.8) is 0 Å². The molecule has 82 valence electrons. The highest BCUT2D eigenvalue weighted by atomic mass is 19.1. The maximum absolute atomic E-state index is 13.5. The molecule has 2 rings (SSSR count). The molecule has 0 aliphatic rings. The van der Waals surface area contributed by atoms with E-state index in [1.807, 2.05) is 0 Å². The standard InChI is InChI=1S/C12H9FO3/c1-7-5-8(10-3-2-4-16-10)11(12(14)15)9(13)6-7/h2-6H,1H3,(H,14,15). The van der Waals surface area contributed by atoms with Gasteiger partial charge >= 0.3 is 5.97 Å². The largest absolute Gasteiger partial charge is 0.478 e. The average Bonchev–Trinajstić information content (AvgIpc) is 2.67. The first-order valence-electron chi connectivity index (χ1n) is 4.67. The predicted octanol–water partition coefficient (Wildman–Crippen LogP) is 3.09. The van der Waals surface area contributed by atoms with Crippen LogP contribution in [0.2, 0.25) is 0 Å². The van der Waals surface area contributed by atoms with Crippen LogP contribution in [0.25, 0.3) is 11.3 Å². The summed E-state index contributed by atoms with van der Waals surface area (Å²) in [5.74, 6) is -1.71. The summed E-state index contributed by atoms with van der Waals surface area (Å²) in [4.78, 5) is 11.0. The van der Waals surface area contributed by atoms with Crippen LogP contribution in [0, 0.1) is 12.7 Å². The van der Waals surface area contributed by atoms with Gasteiger partial charge in [0.15, 0.2) is 0 Å². The molecule has 0 amide bonds. The number of carboxylic acid groups (broad SMARTS) is 1. The van der Waals surface area contributed by atoms with Crippen LogP contribution < -0.4 is 0 Å². The van der Waals surface area contributed by atoms with Gasteiger partial charge in [0.05, 0.1) is 6.26 Å². The maximum atomic E-state index is 13.5. The highest BCUT2D eigenvalue weighted by Gasteiger charge is 2.19. The fraction of sp³-hybridized carbons (Fsp3) is 0.0833. The van der Waals surface area contributed by atoms with Crippen molar-refractivity contribution in [2.75, 3.05) is 0 Å². The lowest BCUT2D eigenvalue weighted by atomic mass is 10.0. The zero-order chi connectivity index (χ0) is 11.7. The van der Waals surface area contributed by atoms with Crippen LogP contribution >= 0.6 is 0 Å². The van der Waals surface area contributed by atoms with Crippen LogP contribution in [0.3, 0.4) is 0 Å². The highest BCUT2D eigenvalue weighted by Crippen LogP contribution is 2.27. The van der Waals surface area contributed by atoms with Crippen molar-refractivity contribution in [3.8, 4) is 11.3 Å². The van der Waals surface area contributed by atoms with E-state index in [0.29, 0.717) is 11.3 Å². The smallest absolute Gasteiger partial charge is 0.339 e. The molecule has 1 N–H and O–H groups in total. The Morgan fingerprint density at radius 1 is 1.44 bits per heavy atom. The molecule has 0 bridgehead atoms. The van der Waals surface area contributed by atoms with Crippen molar-refractivity contribution in [1.82, 2.24) is 0 Å². The first-order valence-corrected chi connectivity index (χ1v) is 4.67. The third-order valence-electron chi connectivity index (χ3n) is 2.24. The van der Waals surface area contributed by atoms with E-state index in [2.05, 4.69) is 0 Å². The number of hydrogen-bond acceptors (Lipinski definition) is 2. The van der Waals surface area contributed by atoms with E-state index in [9.17, 15) is 9.18 Å². The molecule has 0 spiro atoms. The number of benzene rings is 1. The molecule has 1 aromatic heterocycles. The third kappa shape index (κ3) is 1.69. The van der Waals surface area contributed by atoms with Gasteiger partial charge in [-0.2, -0.15) is 0 Å². The monoisotopic (exact) mass is 220 g/mol. The second kappa shape index (κ2) is 3.81. The Morgan fingerprint density at radius 3 is 2.75 bits per heavy atom. The topological polar surface area (TPSA) is 50.4 Å². The van der Waals surface area contributed by atoms with Gasteiger partial charge in [0.1, 0.15) is 17.1 Å². The van der Waals surface area contributed by atoms with Crippen molar-refractivity contribution >= 4 is 5.97 Å². The van der Waals surface area contributed by atoms with Crippen LogP contribution in [-0.4, -0.2) is 11.1 Å². The van der Waals surface area contributed by atoms with E-state index in [4.69, 9.17) is 9.52 Å². The van der Waals surface area contributed by atoms with Gasteiger partial charge in [-0.15, -0.1) is 0 Å². The second-order valence-electron chi connectivity index (χ2n) is 3.45. The summed E-state index contributed by atoms with van der Waals surface area (Å²) >= 11 is 0.